The number of methoxy groups -OCH3 is 1. The zero-order valence-electron chi connectivity index (χ0n) is 24.7. The average Bonchev–Trinajstić information content (AvgIpc) is 3.60. The van der Waals surface area contributed by atoms with Gasteiger partial charge in [0, 0.05) is 41.9 Å². The standard InChI is InChI=1S/C33H36N4O6/c1-22(2)21-41-27-6-4-5-25(17-27)36-20-23(19-34-36)11-14-35-15-12-24(13-16-35)32-28-18-26(40-3)7-8-29(28)37-33(32)42-30(38)9-10-31(39)43-37/h4-10,17-20,22,24H,11-16,21H2,1-3H3/b10-9-. The molecule has 2 aromatic heterocycles. The van der Waals surface area contributed by atoms with E-state index in [0.29, 0.717) is 23.8 Å². The topological polar surface area (TPSA) is 97.0 Å². The van der Waals surface area contributed by atoms with Gasteiger partial charge >= 0.3 is 11.9 Å². The van der Waals surface area contributed by atoms with Crippen molar-refractivity contribution in [1.82, 2.24) is 19.4 Å². The Labute approximate surface area is 250 Å². The SMILES string of the molecule is COc1ccc2c(c1)c(C1CCN(CCc3cnn(-c4cccc(OCC(C)C)c4)c3)CC1)c1n2OC(=O)/C=C\C(=O)O1. The molecule has 0 N–H and O–H groups in total. The second kappa shape index (κ2) is 12.3. The number of carbonyl (C=O) groups is 2. The van der Waals surface area contributed by atoms with Crippen LogP contribution in [0.5, 0.6) is 17.4 Å². The first-order valence-electron chi connectivity index (χ1n) is 14.7. The van der Waals surface area contributed by atoms with E-state index in [9.17, 15) is 9.59 Å². The number of aromatic nitrogens is 3. The van der Waals surface area contributed by atoms with Crippen molar-refractivity contribution in [2.75, 3.05) is 33.4 Å². The fraction of sp³-hybridized carbons (Fsp3) is 0.364. The Morgan fingerprint density at radius 3 is 2.63 bits per heavy atom. The molecule has 4 heterocycles. The average molecular weight is 585 g/mol. The summed E-state index contributed by atoms with van der Waals surface area (Å²) in [6.07, 6.45) is 8.79. The van der Waals surface area contributed by atoms with Crippen LogP contribution >= 0.6 is 0 Å². The van der Waals surface area contributed by atoms with Crippen LogP contribution in [0.1, 0.15) is 43.7 Å². The Morgan fingerprint density at radius 1 is 1.02 bits per heavy atom. The van der Waals surface area contributed by atoms with E-state index in [1.807, 2.05) is 47.3 Å². The largest absolute Gasteiger partial charge is 0.497 e. The van der Waals surface area contributed by atoms with E-state index in [1.54, 1.807) is 13.2 Å². The summed E-state index contributed by atoms with van der Waals surface area (Å²) in [5, 5.41) is 5.44. The second-order valence-electron chi connectivity index (χ2n) is 11.4. The monoisotopic (exact) mass is 584 g/mol. The first-order chi connectivity index (χ1) is 20.9. The van der Waals surface area contributed by atoms with Crippen molar-refractivity contribution in [3.63, 3.8) is 0 Å². The molecule has 0 bridgehead atoms. The minimum atomic E-state index is -0.637. The number of esters is 1. The molecule has 0 spiro atoms. The molecular formula is C33H36N4O6. The van der Waals surface area contributed by atoms with E-state index in [-0.39, 0.29) is 11.8 Å². The summed E-state index contributed by atoms with van der Waals surface area (Å²) in [7, 11) is 1.61. The van der Waals surface area contributed by atoms with Crippen molar-refractivity contribution < 1.29 is 28.6 Å². The van der Waals surface area contributed by atoms with Gasteiger partial charge < -0.3 is 23.9 Å². The van der Waals surface area contributed by atoms with E-state index in [4.69, 9.17) is 19.0 Å². The zero-order chi connectivity index (χ0) is 29.9. The molecule has 0 radical (unpaired) electrons. The number of likely N-dealkylation sites (tertiary alicyclic amines) is 1. The second-order valence-corrected chi connectivity index (χ2v) is 11.4. The van der Waals surface area contributed by atoms with Crippen LogP contribution in [0.2, 0.25) is 0 Å². The lowest BCUT2D eigenvalue weighted by molar-refractivity contribution is -0.142. The zero-order valence-corrected chi connectivity index (χ0v) is 24.7. The van der Waals surface area contributed by atoms with Gasteiger partial charge in [0.05, 0.1) is 31.1 Å². The lowest BCUT2D eigenvalue weighted by atomic mass is 9.88. The van der Waals surface area contributed by atoms with Crippen molar-refractivity contribution in [1.29, 1.82) is 0 Å². The lowest BCUT2D eigenvalue weighted by Gasteiger charge is -2.32. The quantitative estimate of drug-likeness (QED) is 0.261. The third kappa shape index (κ3) is 6.29. The number of rotatable bonds is 9. The maximum atomic E-state index is 12.4. The highest BCUT2D eigenvalue weighted by molar-refractivity contribution is 5.96. The van der Waals surface area contributed by atoms with E-state index in [0.717, 1.165) is 73.4 Å². The van der Waals surface area contributed by atoms with Crippen LogP contribution < -0.4 is 19.0 Å². The van der Waals surface area contributed by atoms with E-state index in [2.05, 4.69) is 30.0 Å². The van der Waals surface area contributed by atoms with Crippen LogP contribution in [0.25, 0.3) is 16.6 Å². The van der Waals surface area contributed by atoms with Crippen LogP contribution in [0, 0.1) is 5.92 Å². The maximum Gasteiger partial charge on any atom is 0.356 e. The van der Waals surface area contributed by atoms with Crippen molar-refractivity contribution in [2.24, 2.45) is 5.92 Å². The normalized spacial score (nSPS) is 16.8. The predicted octanol–water partition coefficient (Wildman–Crippen LogP) is 4.72. The number of ether oxygens (including phenoxy) is 3. The molecule has 0 aliphatic carbocycles. The number of benzene rings is 2. The van der Waals surface area contributed by atoms with Gasteiger partial charge in [-0.15, -0.1) is 4.73 Å². The summed E-state index contributed by atoms with van der Waals surface area (Å²) in [5.74, 6) is 1.11. The molecule has 10 nitrogen and oxygen atoms in total. The molecule has 10 heteroatoms. The molecule has 0 saturated carbocycles. The Kier molecular flexibility index (Phi) is 8.20. The summed E-state index contributed by atoms with van der Waals surface area (Å²) in [6, 6.07) is 13.5. The van der Waals surface area contributed by atoms with Gasteiger partial charge in [0.15, 0.2) is 0 Å². The fourth-order valence-electron chi connectivity index (χ4n) is 5.68. The summed E-state index contributed by atoms with van der Waals surface area (Å²) in [4.78, 5) is 32.7. The Hall–Kier alpha value is -4.57. The van der Waals surface area contributed by atoms with Crippen molar-refractivity contribution >= 4 is 22.8 Å². The highest BCUT2D eigenvalue weighted by atomic mass is 16.7. The molecule has 2 aliphatic rings. The van der Waals surface area contributed by atoms with Crippen molar-refractivity contribution in [3.05, 3.63) is 78.1 Å². The van der Waals surface area contributed by atoms with Gasteiger partial charge in [-0.1, -0.05) is 19.9 Å². The highest BCUT2D eigenvalue weighted by Gasteiger charge is 2.32. The van der Waals surface area contributed by atoms with Gasteiger partial charge in [-0.2, -0.15) is 5.10 Å². The Balaban J connectivity index is 1.13. The van der Waals surface area contributed by atoms with E-state index >= 15 is 0 Å². The molecule has 0 amide bonds. The summed E-state index contributed by atoms with van der Waals surface area (Å²) in [5.41, 5.74) is 3.66. The van der Waals surface area contributed by atoms with Crippen LogP contribution in [-0.2, 0) is 16.0 Å². The summed E-state index contributed by atoms with van der Waals surface area (Å²) >= 11 is 0. The minimum Gasteiger partial charge on any atom is -0.497 e. The molecule has 2 aliphatic heterocycles. The van der Waals surface area contributed by atoms with Gasteiger partial charge in [-0.05, 0) is 80.1 Å². The van der Waals surface area contributed by atoms with Gasteiger partial charge in [0.25, 0.3) is 0 Å². The van der Waals surface area contributed by atoms with E-state index < -0.39 is 11.9 Å². The van der Waals surface area contributed by atoms with Gasteiger partial charge in [0.2, 0.25) is 5.88 Å². The maximum absolute atomic E-state index is 12.4. The Bertz CT molecular complexity index is 1660. The molecule has 224 valence electrons. The van der Waals surface area contributed by atoms with E-state index in [1.165, 1.54) is 10.3 Å². The molecule has 0 unspecified atom stereocenters. The number of hydrogen-bond acceptors (Lipinski definition) is 8. The van der Waals surface area contributed by atoms with Crippen LogP contribution in [-0.4, -0.2) is 64.7 Å². The number of nitrogens with zero attached hydrogens (tertiary/aromatic N) is 4. The smallest absolute Gasteiger partial charge is 0.356 e. The molecule has 43 heavy (non-hydrogen) atoms. The summed E-state index contributed by atoms with van der Waals surface area (Å²) < 4.78 is 20.3. The number of fused-ring (bicyclic) bond motifs is 3. The lowest BCUT2D eigenvalue weighted by Crippen LogP contribution is -2.34. The number of piperidine rings is 1. The Morgan fingerprint density at radius 2 is 1.84 bits per heavy atom. The predicted molar refractivity (Wildman–Crippen MR) is 161 cm³/mol. The third-order valence-electron chi connectivity index (χ3n) is 7.88. The van der Waals surface area contributed by atoms with Crippen LogP contribution in [0.4, 0.5) is 0 Å². The molecule has 1 saturated heterocycles. The first-order valence-corrected chi connectivity index (χ1v) is 14.7. The van der Waals surface area contributed by atoms with Crippen molar-refractivity contribution in [2.45, 2.75) is 39.0 Å². The molecule has 2 aromatic carbocycles. The molecule has 1 fully saturated rings. The van der Waals surface area contributed by atoms with Crippen molar-refractivity contribution in [3.8, 4) is 23.1 Å². The number of carbonyl (C=O) groups excluding carboxylic acids is 2. The minimum absolute atomic E-state index is 0.116. The highest BCUT2D eigenvalue weighted by Crippen LogP contribution is 2.43. The fourth-order valence-corrected chi connectivity index (χ4v) is 5.68. The molecule has 4 aromatic rings. The van der Waals surface area contributed by atoms with Gasteiger partial charge in [0.1, 0.15) is 11.5 Å². The molecular weight excluding hydrogens is 548 g/mol. The first kappa shape index (κ1) is 28.5. The summed E-state index contributed by atoms with van der Waals surface area (Å²) in [6.45, 7) is 7.63. The van der Waals surface area contributed by atoms with Crippen LogP contribution in [0.15, 0.2) is 67.0 Å². The van der Waals surface area contributed by atoms with Crippen LogP contribution in [0.3, 0.4) is 0 Å². The third-order valence-corrected chi connectivity index (χ3v) is 7.88. The number of hydrogen-bond donors (Lipinski definition) is 0. The van der Waals surface area contributed by atoms with Gasteiger partial charge in [-0.25, -0.2) is 14.3 Å². The molecule has 0 atom stereocenters. The molecule has 6 rings (SSSR count). The van der Waals surface area contributed by atoms with Gasteiger partial charge in [-0.3, -0.25) is 0 Å².